The number of carbonyl (C=O) groups is 2. The Bertz CT molecular complexity index is 905. The lowest BCUT2D eigenvalue weighted by Crippen LogP contribution is -2.32. The molecule has 6 heteroatoms. The van der Waals surface area contributed by atoms with Crippen LogP contribution in [0, 0.1) is 0 Å². The van der Waals surface area contributed by atoms with Gasteiger partial charge in [0.25, 0.3) is 5.91 Å². The fourth-order valence-corrected chi connectivity index (χ4v) is 3.07. The zero-order valence-electron chi connectivity index (χ0n) is 14.1. The minimum Gasteiger partial charge on any atom is -0.325 e. The van der Waals surface area contributed by atoms with Gasteiger partial charge in [-0.2, -0.15) is 5.10 Å². The lowest BCUT2D eigenvalue weighted by Gasteiger charge is -2.13. The van der Waals surface area contributed by atoms with E-state index < -0.39 is 6.04 Å². The van der Waals surface area contributed by atoms with E-state index in [1.807, 2.05) is 66.9 Å². The number of carbonyl (C=O) groups excluding carboxylic acids is 2. The van der Waals surface area contributed by atoms with Crippen molar-refractivity contribution in [2.24, 2.45) is 0 Å². The number of amides is 3. The molecule has 1 fully saturated rings. The molecule has 0 radical (unpaired) electrons. The summed E-state index contributed by atoms with van der Waals surface area (Å²) in [5, 5.41) is 6.96. The molecular weight excluding hydrogens is 328 g/mol. The molecule has 1 atom stereocenters. The molecule has 4 rings (SSSR count). The van der Waals surface area contributed by atoms with Crippen LogP contribution in [0.15, 0.2) is 73.1 Å². The van der Waals surface area contributed by atoms with Crippen molar-refractivity contribution in [3.63, 3.8) is 0 Å². The second-order valence-corrected chi connectivity index (χ2v) is 6.23. The van der Waals surface area contributed by atoms with Crippen LogP contribution >= 0.6 is 0 Å². The number of hydrogen-bond acceptors (Lipinski definition) is 3. The van der Waals surface area contributed by atoms with Gasteiger partial charge in [-0.25, -0.2) is 9.48 Å². The van der Waals surface area contributed by atoms with E-state index in [4.69, 9.17) is 0 Å². The summed E-state index contributed by atoms with van der Waals surface area (Å²) < 4.78 is 1.76. The molecule has 26 heavy (non-hydrogen) atoms. The van der Waals surface area contributed by atoms with Gasteiger partial charge in [-0.05, 0) is 29.3 Å². The Morgan fingerprint density at radius 3 is 2.38 bits per heavy atom. The standard InChI is InChI=1S/C20H18N4O2/c25-19-18(13-15-5-2-1-3-6-15)22-20(26)23(19)14-16-7-9-17(10-8-16)24-12-4-11-21-24/h1-12,18H,13-14H2,(H,22,26)/t18-/m1/s1. The van der Waals surface area contributed by atoms with E-state index in [2.05, 4.69) is 10.4 Å². The largest absolute Gasteiger partial charge is 0.325 e. The van der Waals surface area contributed by atoms with E-state index in [-0.39, 0.29) is 18.5 Å². The first-order chi connectivity index (χ1) is 12.7. The first-order valence-electron chi connectivity index (χ1n) is 8.45. The molecule has 2 heterocycles. The third-order valence-corrected chi connectivity index (χ3v) is 4.44. The van der Waals surface area contributed by atoms with Crippen LogP contribution < -0.4 is 5.32 Å². The summed E-state index contributed by atoms with van der Waals surface area (Å²) in [5.74, 6) is -0.185. The van der Waals surface area contributed by atoms with Gasteiger partial charge in [-0.3, -0.25) is 9.69 Å². The third-order valence-electron chi connectivity index (χ3n) is 4.44. The Hall–Kier alpha value is -3.41. The third kappa shape index (κ3) is 3.21. The summed E-state index contributed by atoms with van der Waals surface area (Å²) in [6.45, 7) is 0.259. The van der Waals surface area contributed by atoms with Crippen molar-refractivity contribution in [1.82, 2.24) is 20.0 Å². The summed E-state index contributed by atoms with van der Waals surface area (Å²) >= 11 is 0. The predicted octanol–water partition coefficient (Wildman–Crippen LogP) is 2.54. The number of urea groups is 1. The number of nitrogens with one attached hydrogen (secondary N) is 1. The zero-order valence-corrected chi connectivity index (χ0v) is 14.1. The second-order valence-electron chi connectivity index (χ2n) is 6.23. The molecule has 0 spiro atoms. The smallest absolute Gasteiger partial charge is 0.325 e. The Labute approximate surface area is 151 Å². The zero-order chi connectivity index (χ0) is 17.9. The van der Waals surface area contributed by atoms with Crippen LogP contribution in [0.3, 0.4) is 0 Å². The highest BCUT2D eigenvalue weighted by Crippen LogP contribution is 2.16. The molecule has 0 saturated carbocycles. The summed E-state index contributed by atoms with van der Waals surface area (Å²) in [5.41, 5.74) is 2.85. The SMILES string of the molecule is O=C1N[C@H](Cc2ccccc2)C(=O)N1Cc1ccc(-n2cccn2)cc1. The van der Waals surface area contributed by atoms with Crippen LogP contribution in [0.2, 0.25) is 0 Å². The van der Waals surface area contributed by atoms with Crippen molar-refractivity contribution in [1.29, 1.82) is 0 Å². The van der Waals surface area contributed by atoms with Crippen molar-refractivity contribution in [2.45, 2.75) is 19.0 Å². The Kier molecular flexibility index (Phi) is 4.23. The van der Waals surface area contributed by atoms with Gasteiger partial charge in [0.2, 0.25) is 0 Å². The topological polar surface area (TPSA) is 67.2 Å². The minimum absolute atomic E-state index is 0.185. The lowest BCUT2D eigenvalue weighted by molar-refractivity contribution is -0.127. The monoisotopic (exact) mass is 346 g/mol. The number of benzene rings is 2. The Morgan fingerprint density at radius 2 is 1.69 bits per heavy atom. The lowest BCUT2D eigenvalue weighted by atomic mass is 10.1. The highest BCUT2D eigenvalue weighted by Gasteiger charge is 2.37. The molecule has 0 aliphatic carbocycles. The van der Waals surface area contributed by atoms with Crippen molar-refractivity contribution in [3.05, 3.63) is 84.2 Å². The molecule has 1 aromatic heterocycles. The number of imide groups is 1. The summed E-state index contributed by atoms with van der Waals surface area (Å²) in [4.78, 5) is 26.1. The van der Waals surface area contributed by atoms with Gasteiger partial charge >= 0.3 is 6.03 Å². The van der Waals surface area contributed by atoms with Gasteiger partial charge in [-0.15, -0.1) is 0 Å². The summed E-state index contributed by atoms with van der Waals surface area (Å²) in [7, 11) is 0. The van der Waals surface area contributed by atoms with Gasteiger partial charge in [0.05, 0.1) is 12.2 Å². The van der Waals surface area contributed by atoms with E-state index in [1.54, 1.807) is 10.9 Å². The minimum atomic E-state index is -0.506. The van der Waals surface area contributed by atoms with E-state index in [0.717, 1.165) is 16.8 Å². The van der Waals surface area contributed by atoms with E-state index in [9.17, 15) is 9.59 Å². The molecule has 1 saturated heterocycles. The number of aromatic nitrogens is 2. The average molecular weight is 346 g/mol. The highest BCUT2D eigenvalue weighted by molar-refractivity contribution is 6.04. The Morgan fingerprint density at radius 1 is 0.923 bits per heavy atom. The van der Waals surface area contributed by atoms with E-state index >= 15 is 0 Å². The molecule has 6 nitrogen and oxygen atoms in total. The van der Waals surface area contributed by atoms with Crippen LogP contribution in [-0.2, 0) is 17.8 Å². The molecule has 1 N–H and O–H groups in total. The molecule has 0 bridgehead atoms. The number of rotatable bonds is 5. The van der Waals surface area contributed by atoms with Crippen LogP contribution in [0.25, 0.3) is 5.69 Å². The molecule has 2 aromatic carbocycles. The van der Waals surface area contributed by atoms with Gasteiger partial charge in [0.1, 0.15) is 6.04 Å². The quantitative estimate of drug-likeness (QED) is 0.722. The number of nitrogens with zero attached hydrogens (tertiary/aromatic N) is 3. The van der Waals surface area contributed by atoms with Crippen molar-refractivity contribution in [3.8, 4) is 5.69 Å². The first kappa shape index (κ1) is 16.1. The normalized spacial score (nSPS) is 16.8. The fraction of sp³-hybridized carbons (Fsp3) is 0.150. The van der Waals surface area contributed by atoms with Gasteiger partial charge in [-0.1, -0.05) is 42.5 Å². The summed E-state index contributed by atoms with van der Waals surface area (Å²) in [6, 6.07) is 18.3. The van der Waals surface area contributed by atoms with Crippen molar-refractivity contribution >= 4 is 11.9 Å². The first-order valence-corrected chi connectivity index (χ1v) is 8.45. The van der Waals surface area contributed by atoms with Gasteiger partial charge in [0, 0.05) is 18.8 Å². The van der Waals surface area contributed by atoms with Crippen molar-refractivity contribution in [2.75, 3.05) is 0 Å². The molecular formula is C20H18N4O2. The fourth-order valence-electron chi connectivity index (χ4n) is 3.07. The molecule has 1 aliphatic heterocycles. The van der Waals surface area contributed by atoms with Crippen LogP contribution in [0.1, 0.15) is 11.1 Å². The van der Waals surface area contributed by atoms with Crippen LogP contribution in [-0.4, -0.2) is 32.7 Å². The molecule has 1 aliphatic rings. The van der Waals surface area contributed by atoms with Crippen molar-refractivity contribution < 1.29 is 9.59 Å². The Balaban J connectivity index is 1.44. The maximum atomic E-state index is 12.6. The maximum absolute atomic E-state index is 12.6. The molecule has 3 aromatic rings. The maximum Gasteiger partial charge on any atom is 0.325 e. The van der Waals surface area contributed by atoms with Gasteiger partial charge < -0.3 is 5.32 Å². The van der Waals surface area contributed by atoms with Gasteiger partial charge in [0.15, 0.2) is 0 Å². The summed E-state index contributed by atoms with van der Waals surface area (Å²) in [6.07, 6.45) is 4.08. The van der Waals surface area contributed by atoms with E-state index in [0.29, 0.717) is 6.42 Å². The molecule has 130 valence electrons. The van der Waals surface area contributed by atoms with E-state index in [1.165, 1.54) is 4.90 Å². The molecule has 0 unspecified atom stereocenters. The highest BCUT2D eigenvalue weighted by atomic mass is 16.2. The predicted molar refractivity (Wildman–Crippen MR) is 96.6 cm³/mol. The van der Waals surface area contributed by atoms with Crippen LogP contribution in [0.4, 0.5) is 4.79 Å². The second kappa shape index (κ2) is 6.84. The number of hydrogen-bond donors (Lipinski definition) is 1. The van der Waals surface area contributed by atoms with Crippen LogP contribution in [0.5, 0.6) is 0 Å². The molecule has 3 amide bonds. The average Bonchev–Trinajstić information content (AvgIpc) is 3.28.